The van der Waals surface area contributed by atoms with E-state index in [0.717, 1.165) is 5.92 Å². The van der Waals surface area contributed by atoms with Gasteiger partial charge in [-0.1, -0.05) is 30.7 Å². The van der Waals surface area contributed by atoms with Crippen molar-refractivity contribution in [2.24, 2.45) is 5.92 Å². The van der Waals surface area contributed by atoms with E-state index >= 15 is 0 Å². The maximum Gasteiger partial charge on any atom is 0.0627 e. The van der Waals surface area contributed by atoms with Crippen molar-refractivity contribution in [3.63, 3.8) is 0 Å². The smallest absolute Gasteiger partial charge is 0.0627 e. The summed E-state index contributed by atoms with van der Waals surface area (Å²) in [4.78, 5) is 0. The monoisotopic (exact) mass is 271 g/mol. The molecule has 4 atom stereocenters. The molecule has 2 nitrogen and oxygen atoms in total. The van der Waals surface area contributed by atoms with Gasteiger partial charge in [0.05, 0.1) is 12.2 Å². The van der Waals surface area contributed by atoms with Gasteiger partial charge in [-0.15, -0.1) is 0 Å². The van der Waals surface area contributed by atoms with E-state index < -0.39 is 0 Å². The summed E-state index contributed by atoms with van der Waals surface area (Å²) < 4.78 is 6.04. The highest BCUT2D eigenvalue weighted by atomic mass is 16.5. The zero-order valence-electron chi connectivity index (χ0n) is 12.3. The van der Waals surface area contributed by atoms with Crippen molar-refractivity contribution >= 4 is 0 Å². The first-order valence-electron chi connectivity index (χ1n) is 8.27. The largest absolute Gasteiger partial charge is 0.375 e. The van der Waals surface area contributed by atoms with Gasteiger partial charge in [-0.3, -0.25) is 0 Å². The SMILES string of the molecule is CNC(c1ccc(C2CCC2)cc1)C1CC2CCC1O2. The maximum atomic E-state index is 6.04. The fourth-order valence-corrected chi connectivity index (χ4v) is 4.37. The molecule has 3 fully saturated rings. The van der Waals surface area contributed by atoms with Crippen molar-refractivity contribution in [2.45, 2.75) is 62.7 Å². The van der Waals surface area contributed by atoms with E-state index in [1.807, 2.05) is 0 Å². The molecule has 4 rings (SSSR count). The van der Waals surface area contributed by atoms with Gasteiger partial charge < -0.3 is 10.1 Å². The third-order valence-electron chi connectivity index (χ3n) is 5.76. The Kier molecular flexibility index (Phi) is 3.31. The summed E-state index contributed by atoms with van der Waals surface area (Å²) in [6.07, 6.45) is 8.98. The molecule has 1 aromatic carbocycles. The van der Waals surface area contributed by atoms with Gasteiger partial charge in [0.15, 0.2) is 0 Å². The van der Waals surface area contributed by atoms with E-state index in [4.69, 9.17) is 4.74 Å². The molecule has 0 radical (unpaired) electrons. The van der Waals surface area contributed by atoms with Crippen LogP contribution in [0.15, 0.2) is 24.3 Å². The van der Waals surface area contributed by atoms with Gasteiger partial charge in [0.2, 0.25) is 0 Å². The summed E-state index contributed by atoms with van der Waals surface area (Å²) in [7, 11) is 2.09. The van der Waals surface area contributed by atoms with Crippen LogP contribution in [0, 0.1) is 5.92 Å². The van der Waals surface area contributed by atoms with Gasteiger partial charge in [0, 0.05) is 12.0 Å². The average molecular weight is 271 g/mol. The Morgan fingerprint density at radius 2 is 1.90 bits per heavy atom. The molecule has 20 heavy (non-hydrogen) atoms. The Hall–Kier alpha value is -0.860. The topological polar surface area (TPSA) is 21.3 Å². The highest BCUT2D eigenvalue weighted by molar-refractivity contribution is 5.29. The van der Waals surface area contributed by atoms with E-state index in [0.29, 0.717) is 24.2 Å². The van der Waals surface area contributed by atoms with E-state index in [9.17, 15) is 0 Å². The van der Waals surface area contributed by atoms with E-state index in [-0.39, 0.29) is 0 Å². The molecular formula is C18H25NO. The lowest BCUT2D eigenvalue weighted by atomic mass is 9.78. The molecule has 1 N–H and O–H groups in total. The highest BCUT2D eigenvalue weighted by Crippen LogP contribution is 2.45. The molecule has 0 aromatic heterocycles. The standard InChI is InChI=1S/C18H25NO/c1-19-18(16-11-15-9-10-17(16)20-15)14-7-5-13(6-8-14)12-3-2-4-12/h5-8,12,15-19H,2-4,9-11H2,1H3. The van der Waals surface area contributed by atoms with Crippen LogP contribution in [0.1, 0.15) is 61.6 Å². The lowest BCUT2D eigenvalue weighted by Gasteiger charge is -2.30. The molecule has 0 spiro atoms. The van der Waals surface area contributed by atoms with Crippen molar-refractivity contribution in [1.82, 2.24) is 5.32 Å². The predicted molar refractivity (Wildman–Crippen MR) is 80.8 cm³/mol. The van der Waals surface area contributed by atoms with Crippen molar-refractivity contribution in [3.8, 4) is 0 Å². The summed E-state index contributed by atoms with van der Waals surface area (Å²) >= 11 is 0. The summed E-state index contributed by atoms with van der Waals surface area (Å²) in [5.74, 6) is 1.50. The maximum absolute atomic E-state index is 6.04. The first kappa shape index (κ1) is 12.8. The first-order chi connectivity index (χ1) is 9.85. The third kappa shape index (κ3) is 2.10. The van der Waals surface area contributed by atoms with Crippen molar-refractivity contribution < 1.29 is 4.74 Å². The lowest BCUT2D eigenvalue weighted by molar-refractivity contribution is 0.0863. The molecule has 1 aliphatic carbocycles. The Morgan fingerprint density at radius 1 is 1.10 bits per heavy atom. The number of rotatable bonds is 4. The zero-order valence-corrected chi connectivity index (χ0v) is 12.3. The Bertz CT molecular complexity index is 465. The summed E-state index contributed by atoms with van der Waals surface area (Å²) in [5.41, 5.74) is 2.98. The quantitative estimate of drug-likeness (QED) is 0.899. The van der Waals surface area contributed by atoms with Crippen LogP contribution in [0.2, 0.25) is 0 Å². The minimum absolute atomic E-state index is 0.459. The van der Waals surface area contributed by atoms with Crippen LogP contribution in [-0.2, 0) is 4.74 Å². The van der Waals surface area contributed by atoms with Gasteiger partial charge in [-0.05, 0) is 56.2 Å². The second-order valence-electron chi connectivity index (χ2n) is 6.83. The predicted octanol–water partition coefficient (Wildman–Crippen LogP) is 3.78. The van der Waals surface area contributed by atoms with E-state index in [2.05, 4.69) is 36.6 Å². The fourth-order valence-electron chi connectivity index (χ4n) is 4.37. The average Bonchev–Trinajstić information content (AvgIpc) is 3.02. The van der Waals surface area contributed by atoms with Crippen LogP contribution >= 0.6 is 0 Å². The molecule has 1 aromatic rings. The molecule has 2 saturated heterocycles. The number of benzene rings is 1. The van der Waals surface area contributed by atoms with E-state index in [1.54, 1.807) is 5.56 Å². The number of hydrogen-bond acceptors (Lipinski definition) is 2. The van der Waals surface area contributed by atoms with E-state index in [1.165, 1.54) is 44.1 Å². The van der Waals surface area contributed by atoms with Crippen LogP contribution in [0.3, 0.4) is 0 Å². The van der Waals surface area contributed by atoms with Crippen molar-refractivity contribution in [3.05, 3.63) is 35.4 Å². The molecular weight excluding hydrogens is 246 g/mol. The minimum Gasteiger partial charge on any atom is -0.375 e. The van der Waals surface area contributed by atoms with Crippen LogP contribution in [-0.4, -0.2) is 19.3 Å². The molecule has 2 heterocycles. The number of fused-ring (bicyclic) bond motifs is 2. The second kappa shape index (κ2) is 5.16. The Morgan fingerprint density at radius 3 is 2.40 bits per heavy atom. The summed E-state index contributed by atoms with van der Waals surface area (Å²) in [6.45, 7) is 0. The highest BCUT2D eigenvalue weighted by Gasteiger charge is 2.44. The summed E-state index contributed by atoms with van der Waals surface area (Å²) in [5, 5.41) is 3.54. The Labute approximate surface area is 121 Å². The molecule has 2 bridgehead atoms. The van der Waals surface area contributed by atoms with Crippen LogP contribution in [0.5, 0.6) is 0 Å². The molecule has 1 saturated carbocycles. The molecule has 3 aliphatic rings. The molecule has 108 valence electrons. The minimum atomic E-state index is 0.459. The first-order valence-corrected chi connectivity index (χ1v) is 8.27. The van der Waals surface area contributed by atoms with Crippen LogP contribution in [0.4, 0.5) is 0 Å². The molecule has 2 aliphatic heterocycles. The van der Waals surface area contributed by atoms with Gasteiger partial charge in [-0.2, -0.15) is 0 Å². The molecule has 4 unspecified atom stereocenters. The lowest BCUT2D eigenvalue weighted by Crippen LogP contribution is -2.31. The molecule has 0 amide bonds. The number of hydrogen-bond donors (Lipinski definition) is 1. The normalized spacial score (nSPS) is 34.1. The van der Waals surface area contributed by atoms with Crippen molar-refractivity contribution in [2.75, 3.05) is 7.05 Å². The van der Waals surface area contributed by atoms with Gasteiger partial charge in [0.1, 0.15) is 0 Å². The molecule has 2 heteroatoms. The number of nitrogens with one attached hydrogen (secondary N) is 1. The second-order valence-corrected chi connectivity index (χ2v) is 6.83. The van der Waals surface area contributed by atoms with Crippen LogP contribution in [0.25, 0.3) is 0 Å². The number of ether oxygens (including phenoxy) is 1. The van der Waals surface area contributed by atoms with Gasteiger partial charge >= 0.3 is 0 Å². The van der Waals surface area contributed by atoms with Crippen LogP contribution < -0.4 is 5.32 Å². The fraction of sp³-hybridized carbons (Fsp3) is 0.667. The van der Waals surface area contributed by atoms with Gasteiger partial charge in [-0.25, -0.2) is 0 Å². The zero-order chi connectivity index (χ0) is 13.5. The Balaban J connectivity index is 1.52. The summed E-state index contributed by atoms with van der Waals surface area (Å²) in [6, 6.07) is 9.87. The third-order valence-corrected chi connectivity index (χ3v) is 5.76. The van der Waals surface area contributed by atoms with Crippen molar-refractivity contribution in [1.29, 1.82) is 0 Å². The van der Waals surface area contributed by atoms with Gasteiger partial charge in [0.25, 0.3) is 0 Å².